The summed E-state index contributed by atoms with van der Waals surface area (Å²) in [5, 5.41) is 3.34. The second-order valence-electron chi connectivity index (χ2n) is 5.93. The van der Waals surface area contributed by atoms with Crippen molar-refractivity contribution in [3.63, 3.8) is 0 Å². The normalized spacial score (nSPS) is 25.6. The summed E-state index contributed by atoms with van der Waals surface area (Å²) in [7, 11) is 0. The van der Waals surface area contributed by atoms with E-state index in [1.807, 2.05) is 0 Å². The summed E-state index contributed by atoms with van der Waals surface area (Å²) >= 11 is 6.06. The molecule has 2 aliphatic rings. The zero-order valence-electron chi connectivity index (χ0n) is 11.4. The van der Waals surface area contributed by atoms with Gasteiger partial charge in [0.15, 0.2) is 0 Å². The molecule has 0 bridgehead atoms. The molecule has 0 radical (unpaired) electrons. The van der Waals surface area contributed by atoms with Crippen LogP contribution in [-0.4, -0.2) is 30.4 Å². The average Bonchev–Trinajstić information content (AvgIpc) is 2.93. The number of nitrogens with zero attached hydrogens (tertiary/aromatic N) is 1. The molecule has 2 atom stereocenters. The van der Waals surface area contributed by atoms with Crippen LogP contribution in [0.5, 0.6) is 0 Å². The number of hydrogen-bond donors (Lipinski definition) is 2. The standard InChI is InChI=1S/C15H20ClN3O/c16-13-6-12(17)4-5-14(13)18-15(20)9-19-7-10-2-1-3-11(10)8-19/h4-6,10-11H,1-3,7-9,17H2,(H,18,20). The highest BCUT2D eigenvalue weighted by molar-refractivity contribution is 6.34. The summed E-state index contributed by atoms with van der Waals surface area (Å²) in [6, 6.07) is 5.13. The van der Waals surface area contributed by atoms with Gasteiger partial charge in [0.1, 0.15) is 0 Å². The molecule has 20 heavy (non-hydrogen) atoms. The first-order chi connectivity index (χ1) is 9.61. The molecule has 1 saturated carbocycles. The minimum absolute atomic E-state index is 0.00311. The van der Waals surface area contributed by atoms with Crippen LogP contribution in [0.25, 0.3) is 0 Å². The van der Waals surface area contributed by atoms with E-state index in [1.54, 1.807) is 18.2 Å². The number of hydrogen-bond acceptors (Lipinski definition) is 3. The molecule has 0 aromatic heterocycles. The molecule has 1 aromatic carbocycles. The fourth-order valence-corrected chi connectivity index (χ4v) is 3.72. The van der Waals surface area contributed by atoms with E-state index in [4.69, 9.17) is 17.3 Å². The molecule has 1 aromatic rings. The highest BCUT2D eigenvalue weighted by atomic mass is 35.5. The number of amides is 1. The molecule has 2 fully saturated rings. The first-order valence-corrected chi connectivity index (χ1v) is 7.57. The maximum Gasteiger partial charge on any atom is 0.238 e. The molecule has 4 nitrogen and oxygen atoms in total. The molecular formula is C15H20ClN3O. The van der Waals surface area contributed by atoms with Crippen molar-refractivity contribution in [1.29, 1.82) is 0 Å². The van der Waals surface area contributed by atoms with Gasteiger partial charge in [-0.2, -0.15) is 0 Å². The largest absolute Gasteiger partial charge is 0.399 e. The second-order valence-corrected chi connectivity index (χ2v) is 6.34. The zero-order chi connectivity index (χ0) is 14.1. The SMILES string of the molecule is Nc1ccc(NC(=O)CN2CC3CCCC3C2)c(Cl)c1. The Kier molecular flexibility index (Phi) is 3.85. The summed E-state index contributed by atoms with van der Waals surface area (Å²) in [4.78, 5) is 14.3. The fraction of sp³-hybridized carbons (Fsp3) is 0.533. The van der Waals surface area contributed by atoms with Crippen LogP contribution < -0.4 is 11.1 Å². The van der Waals surface area contributed by atoms with Gasteiger partial charge in [-0.1, -0.05) is 18.0 Å². The number of halogens is 1. The van der Waals surface area contributed by atoms with E-state index in [2.05, 4.69) is 10.2 Å². The number of carbonyl (C=O) groups is 1. The van der Waals surface area contributed by atoms with Crippen molar-refractivity contribution in [3.05, 3.63) is 23.2 Å². The van der Waals surface area contributed by atoms with Gasteiger partial charge in [0.25, 0.3) is 0 Å². The van der Waals surface area contributed by atoms with Crippen molar-refractivity contribution in [3.8, 4) is 0 Å². The summed E-state index contributed by atoms with van der Waals surface area (Å²) < 4.78 is 0. The summed E-state index contributed by atoms with van der Waals surface area (Å²) in [5.41, 5.74) is 6.86. The van der Waals surface area contributed by atoms with Crippen molar-refractivity contribution in [2.45, 2.75) is 19.3 Å². The molecule has 1 aliphatic carbocycles. The van der Waals surface area contributed by atoms with Crippen LogP contribution in [0.15, 0.2) is 18.2 Å². The van der Waals surface area contributed by atoms with Gasteiger partial charge in [0, 0.05) is 18.8 Å². The smallest absolute Gasteiger partial charge is 0.238 e. The third kappa shape index (κ3) is 2.91. The van der Waals surface area contributed by atoms with Crippen LogP contribution in [0.3, 0.4) is 0 Å². The minimum atomic E-state index is -0.00311. The molecular weight excluding hydrogens is 274 g/mol. The lowest BCUT2D eigenvalue weighted by atomic mass is 10.0. The van der Waals surface area contributed by atoms with Crippen molar-refractivity contribution in [1.82, 2.24) is 4.90 Å². The molecule has 108 valence electrons. The lowest BCUT2D eigenvalue weighted by Gasteiger charge is -2.16. The third-order valence-electron chi connectivity index (χ3n) is 4.44. The zero-order valence-corrected chi connectivity index (χ0v) is 12.2. The molecule has 3 rings (SSSR count). The number of benzene rings is 1. The topological polar surface area (TPSA) is 58.4 Å². The highest BCUT2D eigenvalue weighted by Crippen LogP contribution is 2.37. The van der Waals surface area contributed by atoms with Gasteiger partial charge in [-0.05, 0) is 42.9 Å². The van der Waals surface area contributed by atoms with Gasteiger partial charge in [0.05, 0.1) is 17.3 Å². The first-order valence-electron chi connectivity index (χ1n) is 7.19. The summed E-state index contributed by atoms with van der Waals surface area (Å²) in [6.07, 6.45) is 4.01. The molecule has 1 aliphatic heterocycles. The van der Waals surface area contributed by atoms with Crippen LogP contribution in [0.4, 0.5) is 11.4 Å². The minimum Gasteiger partial charge on any atom is -0.399 e. The predicted octanol–water partition coefficient (Wildman–Crippen LogP) is 2.59. The van der Waals surface area contributed by atoms with E-state index in [0.717, 1.165) is 24.9 Å². The number of nitrogens with one attached hydrogen (secondary N) is 1. The Balaban J connectivity index is 1.55. The Labute approximate surface area is 124 Å². The van der Waals surface area contributed by atoms with E-state index in [1.165, 1.54) is 19.3 Å². The van der Waals surface area contributed by atoms with Gasteiger partial charge in [-0.25, -0.2) is 0 Å². The van der Waals surface area contributed by atoms with E-state index >= 15 is 0 Å². The number of rotatable bonds is 3. The van der Waals surface area contributed by atoms with E-state index in [0.29, 0.717) is 22.9 Å². The van der Waals surface area contributed by atoms with Crippen molar-refractivity contribution in [2.75, 3.05) is 30.7 Å². The van der Waals surface area contributed by atoms with Crippen LogP contribution in [-0.2, 0) is 4.79 Å². The van der Waals surface area contributed by atoms with Crippen molar-refractivity contribution in [2.24, 2.45) is 11.8 Å². The van der Waals surface area contributed by atoms with Gasteiger partial charge < -0.3 is 11.1 Å². The van der Waals surface area contributed by atoms with E-state index < -0.39 is 0 Å². The molecule has 3 N–H and O–H groups in total. The van der Waals surface area contributed by atoms with Crippen LogP contribution in [0, 0.1) is 11.8 Å². The predicted molar refractivity (Wildman–Crippen MR) is 81.8 cm³/mol. The number of fused-ring (bicyclic) bond motifs is 1. The van der Waals surface area contributed by atoms with E-state index in [9.17, 15) is 4.79 Å². The second kappa shape index (κ2) is 5.62. The van der Waals surface area contributed by atoms with Gasteiger partial charge in [-0.15, -0.1) is 0 Å². The van der Waals surface area contributed by atoms with Crippen molar-refractivity contribution >= 4 is 28.9 Å². The number of anilines is 2. The van der Waals surface area contributed by atoms with Crippen LogP contribution >= 0.6 is 11.6 Å². The maximum absolute atomic E-state index is 12.1. The molecule has 1 heterocycles. The van der Waals surface area contributed by atoms with Gasteiger partial charge >= 0.3 is 0 Å². The monoisotopic (exact) mass is 293 g/mol. The number of likely N-dealkylation sites (tertiary alicyclic amines) is 1. The Morgan fingerprint density at radius 3 is 2.70 bits per heavy atom. The third-order valence-corrected chi connectivity index (χ3v) is 4.75. The molecule has 2 unspecified atom stereocenters. The molecule has 1 saturated heterocycles. The quantitative estimate of drug-likeness (QED) is 0.842. The number of carbonyl (C=O) groups excluding carboxylic acids is 1. The fourth-order valence-electron chi connectivity index (χ4n) is 3.49. The Hall–Kier alpha value is -1.26. The summed E-state index contributed by atoms with van der Waals surface area (Å²) in [5.74, 6) is 1.61. The number of nitrogens with two attached hydrogens (primary N) is 1. The maximum atomic E-state index is 12.1. The average molecular weight is 294 g/mol. The Morgan fingerprint density at radius 1 is 1.35 bits per heavy atom. The molecule has 1 amide bonds. The summed E-state index contributed by atoms with van der Waals surface area (Å²) in [6.45, 7) is 2.58. The lowest BCUT2D eigenvalue weighted by Crippen LogP contribution is -2.32. The lowest BCUT2D eigenvalue weighted by molar-refractivity contribution is -0.117. The van der Waals surface area contributed by atoms with E-state index in [-0.39, 0.29) is 5.91 Å². The molecule has 5 heteroatoms. The van der Waals surface area contributed by atoms with Crippen LogP contribution in [0.1, 0.15) is 19.3 Å². The van der Waals surface area contributed by atoms with Crippen LogP contribution in [0.2, 0.25) is 5.02 Å². The van der Waals surface area contributed by atoms with Gasteiger partial charge in [0.2, 0.25) is 5.91 Å². The number of nitrogen functional groups attached to an aromatic ring is 1. The Morgan fingerprint density at radius 2 is 2.05 bits per heavy atom. The van der Waals surface area contributed by atoms with Gasteiger partial charge in [-0.3, -0.25) is 9.69 Å². The first kappa shape index (κ1) is 13.7. The Bertz CT molecular complexity index is 508. The molecule has 0 spiro atoms. The van der Waals surface area contributed by atoms with Crippen molar-refractivity contribution < 1.29 is 4.79 Å². The highest BCUT2D eigenvalue weighted by Gasteiger charge is 2.36.